The lowest BCUT2D eigenvalue weighted by atomic mass is 10.3. The molecule has 0 saturated carbocycles. The minimum Gasteiger partial charge on any atom is -0.497 e. The fourth-order valence-electron chi connectivity index (χ4n) is 2.87. The van der Waals surface area contributed by atoms with E-state index in [4.69, 9.17) is 23.0 Å². The molecule has 8 heteroatoms. The van der Waals surface area contributed by atoms with E-state index in [2.05, 4.69) is 11.1 Å². The molecule has 0 radical (unpaired) electrons. The Balaban J connectivity index is 1.46. The van der Waals surface area contributed by atoms with Crippen molar-refractivity contribution < 1.29 is 23.0 Å². The number of nitriles is 1. The summed E-state index contributed by atoms with van der Waals surface area (Å²) in [5.41, 5.74) is 0.240. The van der Waals surface area contributed by atoms with Gasteiger partial charge in [-0.15, -0.1) is 0 Å². The van der Waals surface area contributed by atoms with Crippen molar-refractivity contribution >= 4 is 5.88 Å². The molecule has 3 heterocycles. The van der Waals surface area contributed by atoms with Crippen LogP contribution in [-0.4, -0.2) is 38.4 Å². The highest BCUT2D eigenvalue weighted by Gasteiger charge is 2.23. The molecule has 0 spiro atoms. The van der Waals surface area contributed by atoms with E-state index in [1.807, 2.05) is 29.2 Å². The molecule has 0 N–H and O–H groups in total. The number of methoxy groups -OCH3 is 1. The normalized spacial score (nSPS) is 13.9. The molecule has 1 aliphatic heterocycles. The van der Waals surface area contributed by atoms with E-state index in [1.165, 1.54) is 0 Å². The van der Waals surface area contributed by atoms with Gasteiger partial charge in [0.1, 0.15) is 29.9 Å². The van der Waals surface area contributed by atoms with Gasteiger partial charge in [-0.3, -0.25) is 0 Å². The summed E-state index contributed by atoms with van der Waals surface area (Å²) in [6.07, 6.45) is 0. The minimum atomic E-state index is 0.240. The molecule has 0 bridgehead atoms. The zero-order chi connectivity index (χ0) is 19.3. The van der Waals surface area contributed by atoms with Gasteiger partial charge in [0.05, 0.1) is 20.3 Å². The monoisotopic (exact) mass is 381 g/mol. The van der Waals surface area contributed by atoms with Crippen LogP contribution in [0.4, 0.5) is 5.88 Å². The molecular formula is C20H19N3O5. The van der Waals surface area contributed by atoms with Crippen molar-refractivity contribution in [2.24, 2.45) is 0 Å². The van der Waals surface area contributed by atoms with Crippen LogP contribution >= 0.6 is 0 Å². The second-order valence-electron chi connectivity index (χ2n) is 6.11. The number of anilines is 1. The average molecular weight is 381 g/mol. The van der Waals surface area contributed by atoms with Gasteiger partial charge in [0, 0.05) is 13.1 Å². The molecule has 144 valence electrons. The van der Waals surface area contributed by atoms with E-state index in [9.17, 15) is 5.26 Å². The second-order valence-corrected chi connectivity index (χ2v) is 6.11. The van der Waals surface area contributed by atoms with Crippen LogP contribution in [0.2, 0.25) is 0 Å². The van der Waals surface area contributed by atoms with Gasteiger partial charge in [-0.1, -0.05) is 0 Å². The molecule has 1 aliphatic rings. The summed E-state index contributed by atoms with van der Waals surface area (Å²) in [6, 6.07) is 12.9. The number of morpholine rings is 1. The highest BCUT2D eigenvalue weighted by molar-refractivity contribution is 5.56. The third-order valence-corrected chi connectivity index (χ3v) is 4.33. The SMILES string of the molecule is COc1ccc(OCc2ccc(-c3nc(C#N)c(N4CCOCC4)o3)o2)cc1. The third kappa shape index (κ3) is 3.80. The van der Waals surface area contributed by atoms with Gasteiger partial charge in [-0.05, 0) is 36.4 Å². The number of furan rings is 1. The molecule has 0 unspecified atom stereocenters. The Kier molecular flexibility index (Phi) is 5.17. The highest BCUT2D eigenvalue weighted by atomic mass is 16.5. The van der Waals surface area contributed by atoms with Gasteiger partial charge < -0.3 is 27.9 Å². The van der Waals surface area contributed by atoms with Crippen LogP contribution in [0.5, 0.6) is 11.5 Å². The van der Waals surface area contributed by atoms with Gasteiger partial charge in [0.2, 0.25) is 11.6 Å². The van der Waals surface area contributed by atoms with Crippen molar-refractivity contribution in [2.75, 3.05) is 38.3 Å². The Bertz CT molecular complexity index is 965. The Hall–Kier alpha value is -3.44. The van der Waals surface area contributed by atoms with Crippen LogP contribution in [-0.2, 0) is 11.3 Å². The van der Waals surface area contributed by atoms with Gasteiger partial charge >= 0.3 is 0 Å². The Labute approximate surface area is 161 Å². The molecular weight excluding hydrogens is 362 g/mol. The predicted octanol–water partition coefficient (Wildman–Crippen LogP) is 3.23. The van der Waals surface area contributed by atoms with Gasteiger partial charge in [-0.25, -0.2) is 0 Å². The van der Waals surface area contributed by atoms with Crippen molar-refractivity contribution in [2.45, 2.75) is 6.61 Å². The topological polar surface area (TPSA) is 93.9 Å². The maximum Gasteiger partial charge on any atom is 0.266 e. The molecule has 8 nitrogen and oxygen atoms in total. The first kappa shape index (κ1) is 17.9. The van der Waals surface area contributed by atoms with Crippen molar-refractivity contribution in [1.29, 1.82) is 5.26 Å². The average Bonchev–Trinajstić information content (AvgIpc) is 3.40. The summed E-state index contributed by atoms with van der Waals surface area (Å²) in [7, 11) is 1.62. The maximum atomic E-state index is 9.37. The van der Waals surface area contributed by atoms with E-state index < -0.39 is 0 Å². The lowest BCUT2D eigenvalue weighted by Gasteiger charge is -2.25. The Morgan fingerprint density at radius 2 is 1.82 bits per heavy atom. The lowest BCUT2D eigenvalue weighted by Crippen LogP contribution is -2.36. The van der Waals surface area contributed by atoms with E-state index >= 15 is 0 Å². The molecule has 2 aromatic heterocycles. The number of nitrogens with zero attached hydrogens (tertiary/aromatic N) is 3. The third-order valence-electron chi connectivity index (χ3n) is 4.33. The summed E-state index contributed by atoms with van der Waals surface area (Å²) >= 11 is 0. The standard InChI is InChI=1S/C20H19N3O5/c1-24-14-2-4-15(5-3-14)26-13-16-6-7-18(27-16)19-22-17(12-21)20(28-19)23-8-10-25-11-9-23/h2-7H,8-11,13H2,1H3. The van der Waals surface area contributed by atoms with Crippen LogP contribution in [0, 0.1) is 11.3 Å². The first-order valence-electron chi connectivity index (χ1n) is 8.86. The molecule has 0 atom stereocenters. The van der Waals surface area contributed by atoms with Crippen molar-refractivity contribution in [3.8, 4) is 29.2 Å². The zero-order valence-electron chi connectivity index (χ0n) is 15.4. The van der Waals surface area contributed by atoms with Gasteiger partial charge in [0.15, 0.2) is 5.76 Å². The summed E-state index contributed by atoms with van der Waals surface area (Å²) in [6.45, 7) is 2.75. The molecule has 28 heavy (non-hydrogen) atoms. The predicted molar refractivity (Wildman–Crippen MR) is 99.3 cm³/mol. The number of rotatable bonds is 6. The first-order chi connectivity index (χ1) is 13.8. The van der Waals surface area contributed by atoms with Crippen molar-refractivity contribution in [3.05, 3.63) is 47.9 Å². The summed E-state index contributed by atoms with van der Waals surface area (Å²) in [5, 5.41) is 9.37. The van der Waals surface area contributed by atoms with Crippen LogP contribution in [0.3, 0.4) is 0 Å². The quantitative estimate of drug-likeness (QED) is 0.642. The largest absolute Gasteiger partial charge is 0.497 e. The number of aromatic nitrogens is 1. The molecule has 1 fully saturated rings. The number of ether oxygens (including phenoxy) is 3. The summed E-state index contributed by atoms with van der Waals surface area (Å²) < 4.78 is 27.8. The van der Waals surface area contributed by atoms with Crippen LogP contribution in [0.15, 0.2) is 45.2 Å². The Morgan fingerprint density at radius 1 is 1.07 bits per heavy atom. The maximum absolute atomic E-state index is 9.37. The lowest BCUT2D eigenvalue weighted by molar-refractivity contribution is 0.120. The fourth-order valence-corrected chi connectivity index (χ4v) is 2.87. The van der Waals surface area contributed by atoms with E-state index in [0.717, 1.165) is 5.75 Å². The van der Waals surface area contributed by atoms with Crippen molar-refractivity contribution in [1.82, 2.24) is 4.98 Å². The highest BCUT2D eigenvalue weighted by Crippen LogP contribution is 2.30. The van der Waals surface area contributed by atoms with Crippen LogP contribution in [0.1, 0.15) is 11.5 Å². The molecule has 4 rings (SSSR count). The summed E-state index contributed by atoms with van der Waals surface area (Å²) in [4.78, 5) is 6.22. The smallest absolute Gasteiger partial charge is 0.266 e. The number of benzene rings is 1. The van der Waals surface area contributed by atoms with E-state index in [1.54, 1.807) is 19.2 Å². The molecule has 0 amide bonds. The molecule has 1 saturated heterocycles. The minimum absolute atomic E-state index is 0.240. The van der Waals surface area contributed by atoms with Crippen LogP contribution in [0.25, 0.3) is 11.7 Å². The summed E-state index contributed by atoms with van der Waals surface area (Å²) in [5.74, 6) is 3.26. The first-order valence-corrected chi connectivity index (χ1v) is 8.86. The number of oxazole rings is 1. The fraction of sp³-hybridized carbons (Fsp3) is 0.300. The second kappa shape index (κ2) is 8.06. The molecule has 3 aromatic rings. The number of hydrogen-bond donors (Lipinski definition) is 0. The van der Waals surface area contributed by atoms with Crippen LogP contribution < -0.4 is 14.4 Å². The molecule has 0 aliphatic carbocycles. The Morgan fingerprint density at radius 3 is 2.54 bits per heavy atom. The van der Waals surface area contributed by atoms with Gasteiger partial charge in [-0.2, -0.15) is 10.2 Å². The van der Waals surface area contributed by atoms with Crippen molar-refractivity contribution in [3.63, 3.8) is 0 Å². The van der Waals surface area contributed by atoms with E-state index in [-0.39, 0.29) is 18.2 Å². The van der Waals surface area contributed by atoms with Gasteiger partial charge in [0.25, 0.3) is 5.89 Å². The zero-order valence-corrected chi connectivity index (χ0v) is 15.4. The number of hydrogen-bond acceptors (Lipinski definition) is 8. The molecule has 1 aromatic carbocycles. The van der Waals surface area contributed by atoms with E-state index in [0.29, 0.717) is 49.5 Å².